The zero-order chi connectivity index (χ0) is 98.2. The van der Waals surface area contributed by atoms with Crippen LogP contribution in [0.25, 0.3) is 33.5 Å². The summed E-state index contributed by atoms with van der Waals surface area (Å²) in [4.78, 5) is 126. The summed E-state index contributed by atoms with van der Waals surface area (Å²) in [5.41, 5.74) is 26.5. The van der Waals surface area contributed by atoms with Gasteiger partial charge in [-0.25, -0.2) is 76.0 Å². The van der Waals surface area contributed by atoms with Crippen molar-refractivity contribution in [3.8, 4) is 0 Å². The monoisotopic (exact) mass is 2020 g/mol. The minimum absolute atomic E-state index is 0.00355. The fourth-order valence-corrected chi connectivity index (χ4v) is 27.6. The number of carbonyl (C=O) groups excluding carboxylic acids is 1. The number of anilines is 5. The molecule has 0 radical (unpaired) electrons. The van der Waals surface area contributed by atoms with Crippen molar-refractivity contribution < 1.29 is 83.8 Å². The van der Waals surface area contributed by atoms with Gasteiger partial charge in [-0.2, -0.15) is 24.9 Å². The number of hydrogen-bond donors (Lipinski definition) is 9. The van der Waals surface area contributed by atoms with E-state index in [9.17, 15) is 28.8 Å². The zero-order valence-corrected chi connectivity index (χ0v) is 82.8. The number of aromatic nitrogens is 16. The summed E-state index contributed by atoms with van der Waals surface area (Å²) in [6.07, 6.45) is 0.608. The molecule has 9 unspecified atom stereocenters. The molecule has 8 aromatic heterocycles. The van der Waals surface area contributed by atoms with Gasteiger partial charge in [-0.1, -0.05) is 19.3 Å². The van der Waals surface area contributed by atoms with Gasteiger partial charge in [-0.3, -0.25) is 79.9 Å². The highest BCUT2D eigenvalue weighted by atomic mass is 31.2. The second-order valence-electron chi connectivity index (χ2n) is 35.8. The van der Waals surface area contributed by atoms with Gasteiger partial charge >= 0.3 is 55.8 Å². The Morgan fingerprint density at radius 2 is 0.752 bits per heavy atom. The number of hydrogen-bond acceptors (Lipinski definition) is 37. The van der Waals surface area contributed by atoms with Gasteiger partial charge in [-0.15, -0.1) is 0 Å². The summed E-state index contributed by atoms with van der Waals surface area (Å²) in [7, 11) is -6.29. The molecule has 137 heavy (non-hydrogen) atoms. The van der Waals surface area contributed by atoms with E-state index in [1.54, 1.807) is 37.8 Å². The van der Waals surface area contributed by atoms with Crippen LogP contribution in [-0.2, 0) is 73.9 Å². The van der Waals surface area contributed by atoms with E-state index in [0.717, 1.165) is 43.1 Å². The summed E-state index contributed by atoms with van der Waals surface area (Å²) in [6.45, 7) is 1.15. The fourth-order valence-electron chi connectivity index (χ4n) is 17.6. The number of nitrogens with two attached hydrogens (primary N) is 5. The Morgan fingerprint density at radius 3 is 1.08 bits per heavy atom. The predicted octanol–water partition coefficient (Wildman–Crippen LogP) is 0.981. The molecule has 6 aliphatic heterocycles. The molecule has 0 aromatic carbocycles. The predicted molar refractivity (Wildman–Crippen MR) is 499 cm³/mol. The Balaban J connectivity index is 0.681. The molecular formula is C76H124N33O23P5. The Kier molecular flexibility index (Phi) is 32.0. The molecule has 15 rings (SSSR count). The zero-order valence-electron chi connectivity index (χ0n) is 78.4. The average molecular weight is 2020 g/mol. The smallest absolute Gasteiger partial charge is 0.409 e. The number of amides is 1. The van der Waals surface area contributed by atoms with E-state index in [0.29, 0.717) is 24.9 Å². The summed E-state index contributed by atoms with van der Waals surface area (Å²) >= 11 is 0. The first-order chi connectivity index (χ1) is 65.1. The van der Waals surface area contributed by atoms with Crippen LogP contribution < -0.4 is 56.7 Å². The van der Waals surface area contributed by atoms with E-state index in [1.807, 2.05) is 13.8 Å². The molecule has 1 amide bonds. The van der Waals surface area contributed by atoms with Crippen molar-refractivity contribution in [2.75, 3.05) is 237 Å². The Morgan fingerprint density at radius 1 is 0.431 bits per heavy atom. The van der Waals surface area contributed by atoms with Gasteiger partial charge in [0.25, 0.3) is 16.7 Å². The maximum absolute atomic E-state index is 16.6. The van der Waals surface area contributed by atoms with E-state index >= 15 is 22.8 Å². The third-order valence-corrected chi connectivity index (χ3v) is 37.8. The van der Waals surface area contributed by atoms with E-state index < -0.39 is 154 Å². The van der Waals surface area contributed by atoms with Crippen LogP contribution >= 0.6 is 38.4 Å². The number of imidazole rings is 3. The molecule has 756 valence electrons. The number of ether oxygens (including phenoxy) is 6. The number of unbranched alkanes of at least 4 members (excludes halogenated alkanes) is 2. The fraction of sp³-hybridized carbons (Fsp3) is 0.684. The lowest BCUT2D eigenvalue weighted by molar-refractivity contribution is -0.142. The molecule has 7 fully saturated rings. The number of nitrogens with one attached hydrogen (secondary N) is 3. The molecule has 0 bridgehead atoms. The average Bonchev–Trinajstić information content (AvgIpc) is 1.56. The maximum Gasteiger partial charge on any atom is 0.409 e. The first kappa shape index (κ1) is 103. The molecule has 61 heteroatoms. The molecule has 7 aliphatic rings. The Bertz CT molecular complexity index is 6190. The van der Waals surface area contributed by atoms with Gasteiger partial charge in [0.2, 0.25) is 17.8 Å². The van der Waals surface area contributed by atoms with Crippen molar-refractivity contribution in [2.45, 2.75) is 120 Å². The highest BCUT2D eigenvalue weighted by molar-refractivity contribution is 7.55. The van der Waals surface area contributed by atoms with Crippen molar-refractivity contribution in [3.05, 3.63) is 95.5 Å². The third-order valence-electron chi connectivity index (χ3n) is 25.0. The number of nitrogens with zero attached hydrogens (tertiary/aromatic N) is 25. The number of carbonyl (C=O) groups is 1. The van der Waals surface area contributed by atoms with Crippen LogP contribution in [0.4, 0.5) is 34.3 Å². The van der Waals surface area contributed by atoms with Crippen molar-refractivity contribution in [1.82, 2.24) is 134 Å². The molecule has 0 spiro atoms. The number of aliphatic hydroxyl groups excluding tert-OH is 1. The number of fused-ring (bicyclic) bond motifs is 3. The minimum Gasteiger partial charge on any atom is -0.449 e. The second kappa shape index (κ2) is 42.6. The maximum atomic E-state index is 16.6. The van der Waals surface area contributed by atoms with Crippen molar-refractivity contribution in [1.29, 1.82) is 0 Å². The summed E-state index contributed by atoms with van der Waals surface area (Å²) in [5, 5.41) is 9.17. The number of aromatic amines is 3. The molecule has 17 atom stereocenters. The minimum atomic E-state index is -4.53. The van der Waals surface area contributed by atoms with Crippen LogP contribution in [0, 0.1) is 11.8 Å². The lowest BCUT2D eigenvalue weighted by Crippen LogP contribution is -2.52. The van der Waals surface area contributed by atoms with E-state index in [-0.39, 0.29) is 174 Å². The number of nitrogen functional groups attached to an aromatic ring is 5. The van der Waals surface area contributed by atoms with Gasteiger partial charge in [-0.05, 0) is 128 Å². The second-order valence-corrected chi connectivity index (χ2v) is 48.9. The van der Waals surface area contributed by atoms with Crippen molar-refractivity contribution >= 4 is 107 Å². The highest BCUT2D eigenvalue weighted by Gasteiger charge is 2.52. The van der Waals surface area contributed by atoms with Gasteiger partial charge in [0.05, 0.1) is 115 Å². The molecule has 8 aromatic rings. The van der Waals surface area contributed by atoms with Gasteiger partial charge in [0.1, 0.15) is 30.3 Å². The van der Waals surface area contributed by atoms with Crippen LogP contribution in [0.15, 0.2) is 67.5 Å². The number of aliphatic hydroxyl groups is 1. The lowest BCUT2D eigenvalue weighted by Gasteiger charge is -2.46. The molecular weight excluding hydrogens is 1900 g/mol. The topological polar surface area (TPSA) is 654 Å². The van der Waals surface area contributed by atoms with Crippen LogP contribution in [0.2, 0.25) is 0 Å². The molecule has 6 saturated heterocycles. The first-order valence-electron chi connectivity index (χ1n) is 44.9. The summed E-state index contributed by atoms with van der Waals surface area (Å²) in [5.74, 6) is 0.231. The van der Waals surface area contributed by atoms with Gasteiger partial charge < -0.3 is 89.7 Å². The van der Waals surface area contributed by atoms with Gasteiger partial charge in [0, 0.05) is 90.5 Å². The highest BCUT2D eigenvalue weighted by Crippen LogP contribution is 2.61. The Hall–Kier alpha value is -8.65. The lowest BCUT2D eigenvalue weighted by atomic mass is 10.1. The van der Waals surface area contributed by atoms with E-state index in [2.05, 4.69) is 59.7 Å². The largest absolute Gasteiger partial charge is 0.449 e. The molecule has 14 heterocycles. The first-order valence-corrected chi connectivity index (χ1v) is 52.5. The van der Waals surface area contributed by atoms with Crippen molar-refractivity contribution in [2.24, 2.45) is 11.8 Å². The van der Waals surface area contributed by atoms with E-state index in [1.165, 1.54) is 146 Å². The van der Waals surface area contributed by atoms with E-state index in [4.69, 9.17) is 84.8 Å². The molecule has 1 saturated carbocycles. The van der Waals surface area contributed by atoms with Gasteiger partial charge in [0.15, 0.2) is 45.9 Å². The standard InChI is InChI=1S/C76H124N33O23P5/c1-47(2)99-29-50(128-57(34-99)105-20-17-55(77)85-74(105)114)39-124-135(119,95(7)8)102-32-53(131-60(36-102)108-45-83-63-66(108)88-72(80)91-69(63)112)43-127-137(121,97(11)12)104-33-54(132-61(38-104)109-46-84-64-67(109)89-73(81)92-70(64)113)42-126-134(118,94(5)6)101-30-51(129-58(35-101)106-21-18-56(78)86-75(106)115)41-125-136(120,96(9)10)103-31-52(130-59(37-103)107-44-82-62-65(107)87-71(79)90-68(62)111)40-123-133(117,93(3)4)100-24-22-98(23-25-100)76(116)122-27-19-49-28-48(49)16-14-13-15-26-110/h17-18,20-21,44-54,57-61,110H,13-16,19,22-43H2,1-12H3,(H2,77,85,114)(H2,78,86,115)(H3,79,87,90,111)(H3,80,88,91,112)(H3,81,89,92,113)/t48?,49?,50-,51-,52-,53-,54-,57+,58+,59+,60?,61?,133?,134?,135?,136?,137?/m0/s1. The van der Waals surface area contributed by atoms with Crippen LogP contribution in [0.5, 0.6) is 0 Å². The van der Waals surface area contributed by atoms with Crippen LogP contribution in [-0.4, -0.2) is 390 Å². The normalized spacial score (nSPS) is 26.3. The van der Waals surface area contributed by atoms with Crippen molar-refractivity contribution in [3.63, 3.8) is 0 Å². The summed E-state index contributed by atoms with van der Waals surface area (Å²) < 4.78 is 175. The Labute approximate surface area is 786 Å². The quantitative estimate of drug-likeness (QED) is 0.0191. The molecule has 14 N–H and O–H groups in total. The number of H-pyrrole nitrogens is 3. The molecule has 1 aliphatic carbocycles. The van der Waals surface area contributed by atoms with Crippen LogP contribution in [0.1, 0.15) is 83.5 Å². The molecule has 56 nitrogen and oxygen atoms in total. The summed E-state index contributed by atoms with van der Waals surface area (Å²) in [6, 6.07) is 2.80. The number of piperazine rings is 1. The SMILES string of the molecule is CC(C)N1C[C@@H](COP(=O)(N(C)C)N2CC(n3cnc4c(=O)[nH]c(N)nc43)O[C@H](COP(=O)(N(C)C)N3CC(n4cnc5c(=O)[nH]c(N)nc54)O[C@H](COP(=O)(N(C)C)N4C[C@@H](COP(=O)(N(C)C)N5C[C@@H](COP(=O)(N(C)C)N6CCN(C(=O)OCCC7CC7CCCCCO)CC6)O[C@@H](n6cnc7c(=O)[nH]c(N)nc76)C5)O[C@@H](n5ccc(N)nc5=O)C4)C3)C2)O[C@@H](n2ccc(N)nc2=O)C1. The number of morpholine rings is 5. The number of rotatable bonds is 39. The third kappa shape index (κ3) is 22.5. The van der Waals surface area contributed by atoms with Crippen LogP contribution in [0.3, 0.4) is 0 Å².